The predicted octanol–water partition coefficient (Wildman–Crippen LogP) is 0.972. The quantitative estimate of drug-likeness (QED) is 0.641. The first kappa shape index (κ1) is 9.98. The summed E-state index contributed by atoms with van der Waals surface area (Å²) in [5.41, 5.74) is 2.52. The lowest BCUT2D eigenvalue weighted by Crippen LogP contribution is -2.35. The predicted molar refractivity (Wildman–Crippen MR) is 54.9 cm³/mol. The second kappa shape index (κ2) is 3.55. The number of aryl methyl sites for hydroxylation is 1. The van der Waals surface area contributed by atoms with Gasteiger partial charge in [0.2, 0.25) is 0 Å². The average molecular weight is 207 g/mol. The molecule has 15 heavy (non-hydrogen) atoms. The summed E-state index contributed by atoms with van der Waals surface area (Å²) in [4.78, 5) is 11.0. The summed E-state index contributed by atoms with van der Waals surface area (Å²) in [6.45, 7) is 2.57. The van der Waals surface area contributed by atoms with E-state index in [0.717, 1.165) is 17.5 Å². The van der Waals surface area contributed by atoms with Gasteiger partial charge < -0.3 is 15.5 Å². The Labute approximate surface area is 87.6 Å². The van der Waals surface area contributed by atoms with Gasteiger partial charge in [-0.3, -0.25) is 4.79 Å². The highest BCUT2D eigenvalue weighted by Gasteiger charge is 2.29. The summed E-state index contributed by atoms with van der Waals surface area (Å²) in [5.74, 6) is -0.882. The van der Waals surface area contributed by atoms with Crippen molar-refractivity contribution in [2.75, 3.05) is 6.54 Å². The molecule has 1 aliphatic rings. The fraction of sp³-hybridized carbons (Fsp3) is 0.364. The highest BCUT2D eigenvalue weighted by atomic mass is 16.4. The number of carboxylic acids is 1. The molecule has 1 aromatic carbocycles. The number of carboxylic acid groups (broad SMARTS) is 1. The Morgan fingerprint density at radius 3 is 2.93 bits per heavy atom. The molecule has 3 N–H and O–H groups in total. The maximum Gasteiger partial charge on any atom is 0.325 e. The lowest BCUT2D eigenvalue weighted by molar-refractivity contribution is -0.139. The van der Waals surface area contributed by atoms with E-state index in [1.54, 1.807) is 6.07 Å². The minimum atomic E-state index is -0.947. The van der Waals surface area contributed by atoms with Gasteiger partial charge in [0.05, 0.1) is 0 Å². The number of phenolic OH excluding ortho intramolecular Hbond substituents is 1. The van der Waals surface area contributed by atoms with E-state index in [0.29, 0.717) is 12.1 Å². The molecule has 80 valence electrons. The smallest absolute Gasteiger partial charge is 0.325 e. The number of benzene rings is 1. The Morgan fingerprint density at radius 2 is 2.27 bits per heavy atom. The molecule has 1 atom stereocenters. The van der Waals surface area contributed by atoms with Crippen LogP contribution < -0.4 is 5.32 Å². The van der Waals surface area contributed by atoms with Gasteiger partial charge in [-0.1, -0.05) is 6.07 Å². The van der Waals surface area contributed by atoms with Crippen molar-refractivity contribution in [1.82, 2.24) is 5.32 Å². The maximum absolute atomic E-state index is 11.0. The second-order valence-corrected chi connectivity index (χ2v) is 3.77. The summed E-state index contributed by atoms with van der Waals surface area (Å²) in [6.07, 6.45) is 0.763. The Morgan fingerprint density at radius 1 is 1.53 bits per heavy atom. The van der Waals surface area contributed by atoms with Crippen LogP contribution in [0.5, 0.6) is 5.75 Å². The summed E-state index contributed by atoms with van der Waals surface area (Å²) in [7, 11) is 0. The molecule has 0 fully saturated rings. The van der Waals surface area contributed by atoms with Crippen LogP contribution in [0.1, 0.15) is 22.7 Å². The zero-order valence-electron chi connectivity index (χ0n) is 8.45. The van der Waals surface area contributed by atoms with E-state index < -0.39 is 12.0 Å². The summed E-state index contributed by atoms with van der Waals surface area (Å²) >= 11 is 0. The lowest BCUT2D eigenvalue weighted by atomic mass is 9.90. The van der Waals surface area contributed by atoms with Gasteiger partial charge in [0, 0.05) is 12.1 Å². The molecule has 0 aliphatic carbocycles. The van der Waals surface area contributed by atoms with E-state index in [2.05, 4.69) is 5.32 Å². The highest BCUT2D eigenvalue weighted by molar-refractivity contribution is 5.78. The third-order valence-electron chi connectivity index (χ3n) is 2.83. The molecule has 4 nitrogen and oxygen atoms in total. The van der Waals surface area contributed by atoms with E-state index in [9.17, 15) is 9.90 Å². The number of hydrogen-bond acceptors (Lipinski definition) is 3. The third kappa shape index (κ3) is 1.57. The molecular weight excluding hydrogens is 194 g/mol. The Hall–Kier alpha value is -1.55. The van der Waals surface area contributed by atoms with Crippen molar-refractivity contribution < 1.29 is 15.0 Å². The molecule has 0 spiro atoms. The van der Waals surface area contributed by atoms with Crippen molar-refractivity contribution in [3.05, 3.63) is 28.8 Å². The van der Waals surface area contributed by atoms with Crippen LogP contribution in [-0.2, 0) is 11.2 Å². The first-order valence-corrected chi connectivity index (χ1v) is 4.89. The maximum atomic E-state index is 11.0. The Kier molecular flexibility index (Phi) is 2.36. The van der Waals surface area contributed by atoms with Crippen LogP contribution in [0.15, 0.2) is 12.1 Å². The molecule has 1 heterocycles. The minimum Gasteiger partial charge on any atom is -0.508 e. The fourth-order valence-corrected chi connectivity index (χ4v) is 2.07. The monoisotopic (exact) mass is 207 g/mol. The molecule has 0 amide bonds. The summed E-state index contributed by atoms with van der Waals surface area (Å²) in [5, 5.41) is 21.6. The number of aliphatic carboxylic acids is 1. The van der Waals surface area contributed by atoms with Gasteiger partial charge >= 0.3 is 5.97 Å². The molecule has 1 aliphatic heterocycles. The summed E-state index contributed by atoms with van der Waals surface area (Å²) in [6, 6.07) is 2.59. The number of aromatic hydroxyl groups is 1. The lowest BCUT2D eigenvalue weighted by Gasteiger charge is -2.25. The molecule has 0 saturated carbocycles. The normalized spacial score (nSPS) is 19.7. The van der Waals surface area contributed by atoms with Crippen LogP contribution in [0, 0.1) is 6.92 Å². The number of rotatable bonds is 1. The van der Waals surface area contributed by atoms with Crippen molar-refractivity contribution >= 4 is 5.97 Å². The molecule has 0 saturated heterocycles. The van der Waals surface area contributed by atoms with Gasteiger partial charge in [0.25, 0.3) is 0 Å². The van der Waals surface area contributed by atoms with Gasteiger partial charge in [-0.15, -0.1) is 0 Å². The molecule has 4 heteroatoms. The molecule has 0 radical (unpaired) electrons. The number of fused-ring (bicyclic) bond motifs is 1. The number of carbonyl (C=O) groups is 1. The van der Waals surface area contributed by atoms with Crippen LogP contribution in [0.2, 0.25) is 0 Å². The van der Waals surface area contributed by atoms with Crippen LogP contribution in [0.4, 0.5) is 0 Å². The molecule has 1 aromatic rings. The second-order valence-electron chi connectivity index (χ2n) is 3.77. The van der Waals surface area contributed by atoms with Gasteiger partial charge in [-0.25, -0.2) is 0 Å². The summed E-state index contributed by atoms with van der Waals surface area (Å²) < 4.78 is 0. The van der Waals surface area contributed by atoms with Crippen LogP contribution in [-0.4, -0.2) is 22.7 Å². The van der Waals surface area contributed by atoms with E-state index in [1.807, 2.05) is 13.0 Å². The van der Waals surface area contributed by atoms with Gasteiger partial charge in [0.1, 0.15) is 11.8 Å². The average Bonchev–Trinajstić information content (AvgIpc) is 2.23. The molecule has 0 bridgehead atoms. The first-order chi connectivity index (χ1) is 7.11. The largest absolute Gasteiger partial charge is 0.508 e. The molecule has 1 unspecified atom stereocenters. The van der Waals surface area contributed by atoms with E-state index in [-0.39, 0.29) is 5.75 Å². The van der Waals surface area contributed by atoms with Crippen LogP contribution in [0.3, 0.4) is 0 Å². The van der Waals surface area contributed by atoms with E-state index >= 15 is 0 Å². The molecular formula is C11H13NO3. The van der Waals surface area contributed by atoms with Crippen molar-refractivity contribution in [2.45, 2.75) is 19.4 Å². The Bertz CT molecular complexity index is 415. The van der Waals surface area contributed by atoms with Crippen molar-refractivity contribution in [1.29, 1.82) is 0 Å². The van der Waals surface area contributed by atoms with Crippen molar-refractivity contribution in [2.24, 2.45) is 0 Å². The molecule has 0 aromatic heterocycles. The third-order valence-corrected chi connectivity index (χ3v) is 2.83. The van der Waals surface area contributed by atoms with Gasteiger partial charge in [-0.05, 0) is 30.5 Å². The van der Waals surface area contributed by atoms with Gasteiger partial charge in [-0.2, -0.15) is 0 Å². The molecule has 2 rings (SSSR count). The zero-order valence-corrected chi connectivity index (χ0v) is 8.45. The number of hydrogen-bond donors (Lipinski definition) is 3. The van der Waals surface area contributed by atoms with Crippen LogP contribution in [0.25, 0.3) is 0 Å². The first-order valence-electron chi connectivity index (χ1n) is 4.89. The van der Waals surface area contributed by atoms with E-state index in [4.69, 9.17) is 5.11 Å². The van der Waals surface area contributed by atoms with Crippen molar-refractivity contribution in [3.8, 4) is 5.75 Å². The Balaban J connectivity index is 2.59. The fourth-order valence-electron chi connectivity index (χ4n) is 2.07. The minimum absolute atomic E-state index is 0.0650. The zero-order chi connectivity index (χ0) is 11.0. The number of nitrogens with one attached hydrogen (secondary N) is 1. The van der Waals surface area contributed by atoms with Crippen LogP contribution >= 0.6 is 0 Å². The highest BCUT2D eigenvalue weighted by Crippen LogP contribution is 2.33. The standard InChI is InChI=1S/C11H13NO3/c1-6-2-3-8(13)9-7(6)4-5-12-10(9)11(14)15/h2-3,10,12-13H,4-5H2,1H3,(H,14,15). The SMILES string of the molecule is Cc1ccc(O)c2c1CCNC2C(=O)O. The van der Waals surface area contributed by atoms with Crippen molar-refractivity contribution in [3.63, 3.8) is 0 Å². The number of phenols is 1. The topological polar surface area (TPSA) is 69.6 Å². The van der Waals surface area contributed by atoms with E-state index in [1.165, 1.54) is 0 Å². The van der Waals surface area contributed by atoms with Gasteiger partial charge in [0.15, 0.2) is 0 Å².